The molecule has 3 aromatic heterocycles. The molecule has 1 fully saturated rings. The number of rotatable bonds is 5. The van der Waals surface area contributed by atoms with Gasteiger partial charge in [0.05, 0.1) is 13.4 Å². The molecule has 2 aliphatic rings. The van der Waals surface area contributed by atoms with Gasteiger partial charge in [0.15, 0.2) is 11.6 Å². The van der Waals surface area contributed by atoms with E-state index in [0.29, 0.717) is 41.2 Å². The second-order valence-corrected chi connectivity index (χ2v) is 8.74. The third-order valence-electron chi connectivity index (χ3n) is 6.64. The molecule has 6 rings (SSSR count). The fourth-order valence-electron chi connectivity index (χ4n) is 4.84. The fraction of sp³-hybridized carbons (Fsp3) is 0.348. The standard InChI is InChI=1S/C23H26N8O3/c1-14-25-19(18-4-3-11-34-18)20-21(30(14)24)26-22-29(23(32)27-31(20)22)13-15-9-10-28(12-15)16-5-7-17(33-2)8-6-16/h3-8,11,14-15H,9-10,12-13,24H2,1-2H3,(H,27,32). The third-order valence-corrected chi connectivity index (χ3v) is 6.64. The van der Waals surface area contributed by atoms with E-state index >= 15 is 0 Å². The highest BCUT2D eigenvalue weighted by molar-refractivity contribution is 6.14. The molecule has 0 spiro atoms. The Morgan fingerprint density at radius 3 is 2.82 bits per heavy atom. The zero-order valence-electron chi connectivity index (χ0n) is 19.0. The normalized spacial score (nSPS) is 20.1. The summed E-state index contributed by atoms with van der Waals surface area (Å²) in [7, 11) is 1.66. The van der Waals surface area contributed by atoms with E-state index in [1.165, 1.54) is 5.01 Å². The van der Waals surface area contributed by atoms with Crippen molar-refractivity contribution < 1.29 is 9.15 Å². The minimum atomic E-state index is -0.319. The van der Waals surface area contributed by atoms with Gasteiger partial charge in [-0.3, -0.25) is 14.6 Å². The molecule has 3 N–H and O–H groups in total. The Bertz CT molecular complexity index is 1410. The number of nitrogens with one attached hydrogen (secondary N) is 1. The number of nitrogens with two attached hydrogens (primary N) is 1. The van der Waals surface area contributed by atoms with Crippen molar-refractivity contribution in [2.75, 3.05) is 30.1 Å². The Morgan fingerprint density at radius 1 is 1.26 bits per heavy atom. The van der Waals surface area contributed by atoms with Crippen molar-refractivity contribution in [1.29, 1.82) is 0 Å². The summed E-state index contributed by atoms with van der Waals surface area (Å²) in [4.78, 5) is 24.7. The van der Waals surface area contributed by atoms with Gasteiger partial charge in [-0.25, -0.2) is 20.3 Å². The molecule has 2 aliphatic heterocycles. The van der Waals surface area contributed by atoms with Gasteiger partial charge in [-0.1, -0.05) is 0 Å². The molecule has 0 radical (unpaired) electrons. The van der Waals surface area contributed by atoms with Crippen molar-refractivity contribution in [3.8, 4) is 5.75 Å². The van der Waals surface area contributed by atoms with E-state index in [0.717, 1.165) is 30.9 Å². The zero-order valence-corrected chi connectivity index (χ0v) is 19.0. The molecule has 2 unspecified atom stereocenters. The van der Waals surface area contributed by atoms with Gasteiger partial charge in [-0.05, 0) is 55.7 Å². The predicted molar refractivity (Wildman–Crippen MR) is 128 cm³/mol. The van der Waals surface area contributed by atoms with E-state index in [2.05, 4.69) is 27.1 Å². The number of ether oxygens (including phenoxy) is 1. The van der Waals surface area contributed by atoms with Crippen molar-refractivity contribution in [3.63, 3.8) is 0 Å². The quantitative estimate of drug-likeness (QED) is 0.434. The first-order chi connectivity index (χ1) is 16.5. The second kappa shape index (κ2) is 7.80. The lowest BCUT2D eigenvalue weighted by Crippen LogP contribution is -2.43. The average Bonchev–Trinajstić information content (AvgIpc) is 3.63. The Kier molecular flexibility index (Phi) is 4.73. The topological polar surface area (TPSA) is 122 Å². The number of aromatic nitrogens is 4. The van der Waals surface area contributed by atoms with E-state index in [1.54, 1.807) is 28.5 Å². The Labute approximate surface area is 195 Å². The lowest BCUT2D eigenvalue weighted by atomic mass is 10.1. The maximum Gasteiger partial charge on any atom is 0.343 e. The first-order valence-corrected chi connectivity index (χ1v) is 11.3. The molecule has 2 atom stereocenters. The summed E-state index contributed by atoms with van der Waals surface area (Å²) in [6.07, 6.45) is 2.26. The number of hydrogen-bond acceptors (Lipinski definition) is 8. The smallest absolute Gasteiger partial charge is 0.343 e. The SMILES string of the molecule is COc1ccc(N2CCC(Cn3c(=O)[nH]n4c5c(nc34)N(N)C(C)N=C5c3ccco3)C2)cc1. The number of imidazole rings is 1. The van der Waals surface area contributed by atoms with E-state index in [9.17, 15) is 4.79 Å². The van der Waals surface area contributed by atoms with Crippen LogP contribution in [0.1, 0.15) is 24.8 Å². The van der Waals surface area contributed by atoms with Crippen LogP contribution in [-0.4, -0.2) is 51.2 Å². The van der Waals surface area contributed by atoms with E-state index < -0.39 is 0 Å². The molecule has 176 valence electrons. The fourth-order valence-corrected chi connectivity index (χ4v) is 4.84. The highest BCUT2D eigenvalue weighted by atomic mass is 16.5. The molecule has 1 saturated heterocycles. The number of methoxy groups -OCH3 is 1. The van der Waals surface area contributed by atoms with Crippen LogP contribution in [0.2, 0.25) is 0 Å². The number of aliphatic imine (C=N–C) groups is 1. The van der Waals surface area contributed by atoms with Gasteiger partial charge in [0.2, 0.25) is 5.78 Å². The molecular weight excluding hydrogens is 436 g/mol. The largest absolute Gasteiger partial charge is 0.497 e. The van der Waals surface area contributed by atoms with Crippen LogP contribution in [0.4, 0.5) is 11.5 Å². The first kappa shape index (κ1) is 20.6. The second-order valence-electron chi connectivity index (χ2n) is 8.74. The van der Waals surface area contributed by atoms with Crippen LogP contribution in [0.5, 0.6) is 5.75 Å². The third kappa shape index (κ3) is 3.19. The van der Waals surface area contributed by atoms with Gasteiger partial charge in [-0.2, -0.15) is 4.98 Å². The molecule has 0 amide bonds. The number of furan rings is 1. The number of hydrogen-bond donors (Lipinski definition) is 2. The summed E-state index contributed by atoms with van der Waals surface area (Å²) in [5, 5.41) is 4.43. The van der Waals surface area contributed by atoms with Crippen LogP contribution in [0.3, 0.4) is 0 Å². The number of H-pyrrole nitrogens is 1. The molecule has 11 heteroatoms. The molecule has 0 saturated carbocycles. The summed E-state index contributed by atoms with van der Waals surface area (Å²) in [5.41, 5.74) is 2.17. The number of hydrazine groups is 1. The predicted octanol–water partition coefficient (Wildman–Crippen LogP) is 1.83. The van der Waals surface area contributed by atoms with Gasteiger partial charge in [0, 0.05) is 25.3 Å². The lowest BCUT2D eigenvalue weighted by Gasteiger charge is -2.26. The van der Waals surface area contributed by atoms with Gasteiger partial charge >= 0.3 is 5.69 Å². The van der Waals surface area contributed by atoms with Crippen molar-refractivity contribution >= 4 is 23.0 Å². The van der Waals surface area contributed by atoms with Crippen LogP contribution in [0.15, 0.2) is 56.9 Å². The number of aromatic amines is 1. The monoisotopic (exact) mass is 462 g/mol. The minimum Gasteiger partial charge on any atom is -0.497 e. The van der Waals surface area contributed by atoms with Crippen LogP contribution >= 0.6 is 0 Å². The van der Waals surface area contributed by atoms with Crippen molar-refractivity contribution in [3.05, 3.63) is 64.6 Å². The number of benzene rings is 1. The Hall–Kier alpha value is -3.99. The highest BCUT2D eigenvalue weighted by Crippen LogP contribution is 2.30. The van der Waals surface area contributed by atoms with Crippen molar-refractivity contribution in [2.45, 2.75) is 26.1 Å². The van der Waals surface area contributed by atoms with E-state index in [1.807, 2.05) is 25.1 Å². The maximum absolute atomic E-state index is 12.9. The molecule has 0 bridgehead atoms. The summed E-state index contributed by atoms with van der Waals surface area (Å²) in [6.45, 7) is 4.23. The van der Waals surface area contributed by atoms with E-state index in [4.69, 9.17) is 20.0 Å². The van der Waals surface area contributed by atoms with Gasteiger partial charge in [0.25, 0.3) is 0 Å². The number of nitrogens with zero attached hydrogens (tertiary/aromatic N) is 6. The molecular formula is C23H26N8O3. The van der Waals surface area contributed by atoms with E-state index in [-0.39, 0.29) is 11.9 Å². The molecule has 11 nitrogen and oxygen atoms in total. The van der Waals surface area contributed by atoms with Crippen molar-refractivity contribution in [2.24, 2.45) is 16.8 Å². The summed E-state index contributed by atoms with van der Waals surface area (Å²) < 4.78 is 14.2. The lowest BCUT2D eigenvalue weighted by molar-refractivity contribution is 0.415. The Balaban J connectivity index is 1.31. The number of fused-ring (bicyclic) bond motifs is 3. The van der Waals surface area contributed by atoms with Gasteiger partial charge in [-0.15, -0.1) is 0 Å². The molecule has 34 heavy (non-hydrogen) atoms. The summed E-state index contributed by atoms with van der Waals surface area (Å²) >= 11 is 0. The number of anilines is 2. The first-order valence-electron chi connectivity index (χ1n) is 11.3. The minimum absolute atomic E-state index is 0.214. The average molecular weight is 463 g/mol. The van der Waals surface area contributed by atoms with Crippen LogP contribution < -0.4 is 26.2 Å². The molecule has 1 aromatic carbocycles. The molecule has 4 aromatic rings. The molecule has 5 heterocycles. The summed E-state index contributed by atoms with van der Waals surface area (Å²) in [6, 6.07) is 11.7. The van der Waals surface area contributed by atoms with Gasteiger partial charge in [0.1, 0.15) is 23.3 Å². The van der Waals surface area contributed by atoms with Gasteiger partial charge < -0.3 is 14.1 Å². The van der Waals surface area contributed by atoms with Crippen LogP contribution in [0, 0.1) is 5.92 Å². The Morgan fingerprint density at radius 2 is 2.09 bits per heavy atom. The van der Waals surface area contributed by atoms with Crippen molar-refractivity contribution in [1.82, 2.24) is 19.2 Å². The summed E-state index contributed by atoms with van der Waals surface area (Å²) in [5.74, 6) is 9.10. The maximum atomic E-state index is 12.9. The van der Waals surface area contributed by atoms with Crippen LogP contribution in [-0.2, 0) is 6.54 Å². The zero-order chi connectivity index (χ0) is 23.4. The highest BCUT2D eigenvalue weighted by Gasteiger charge is 2.33. The molecule has 0 aliphatic carbocycles. The van der Waals surface area contributed by atoms with Crippen LogP contribution in [0.25, 0.3) is 5.78 Å².